The van der Waals surface area contributed by atoms with E-state index in [-0.39, 0.29) is 5.97 Å². The van der Waals surface area contributed by atoms with E-state index in [9.17, 15) is 4.79 Å². The van der Waals surface area contributed by atoms with Gasteiger partial charge in [0.05, 0.1) is 20.6 Å². The summed E-state index contributed by atoms with van der Waals surface area (Å²) in [5.74, 6) is -0.387. The second kappa shape index (κ2) is 6.62. The number of likely N-dealkylation sites (N-methyl/N-ethyl adjacent to an activating group) is 1. The van der Waals surface area contributed by atoms with Gasteiger partial charge in [0.1, 0.15) is 13.2 Å². The molecule has 94 valence electrons. The molecule has 0 radical (unpaired) electrons. The molecule has 0 saturated carbocycles. The zero-order valence-corrected chi connectivity index (χ0v) is 10.3. The van der Waals surface area contributed by atoms with E-state index >= 15 is 0 Å². The maximum atomic E-state index is 11.1. The van der Waals surface area contributed by atoms with E-state index in [0.717, 1.165) is 0 Å². The van der Waals surface area contributed by atoms with Crippen LogP contribution in [0.4, 0.5) is 0 Å². The summed E-state index contributed by atoms with van der Waals surface area (Å²) in [4.78, 5) is 11.1. The number of carbonyl (C=O) groups excluding carboxylic acids is 1. The van der Waals surface area contributed by atoms with Gasteiger partial charge in [-0.15, -0.1) is 0 Å². The van der Waals surface area contributed by atoms with Crippen LogP contribution in [0.5, 0.6) is 0 Å². The SMILES string of the molecule is C=C(C)C(=O)OCC[N+](C)(C)CCC(O)O. The van der Waals surface area contributed by atoms with Crippen molar-refractivity contribution >= 4 is 5.97 Å². The molecule has 0 aliphatic heterocycles. The van der Waals surface area contributed by atoms with Gasteiger partial charge in [-0.3, -0.25) is 0 Å². The highest BCUT2D eigenvalue weighted by Crippen LogP contribution is 2.02. The van der Waals surface area contributed by atoms with E-state index in [4.69, 9.17) is 14.9 Å². The Balaban J connectivity index is 3.81. The van der Waals surface area contributed by atoms with Gasteiger partial charge in [-0.1, -0.05) is 6.58 Å². The highest BCUT2D eigenvalue weighted by molar-refractivity contribution is 5.86. The molecular weight excluding hydrogens is 210 g/mol. The van der Waals surface area contributed by atoms with Gasteiger partial charge >= 0.3 is 5.97 Å². The first-order chi connectivity index (χ1) is 7.24. The topological polar surface area (TPSA) is 66.8 Å². The number of rotatable bonds is 7. The average Bonchev–Trinajstić information content (AvgIpc) is 2.14. The number of hydrogen-bond donors (Lipinski definition) is 2. The molecule has 5 heteroatoms. The Labute approximate surface area is 96.5 Å². The number of esters is 1. The van der Waals surface area contributed by atoms with Gasteiger partial charge in [0.15, 0.2) is 6.29 Å². The van der Waals surface area contributed by atoms with Crippen LogP contribution >= 0.6 is 0 Å². The summed E-state index contributed by atoms with van der Waals surface area (Å²) in [7, 11) is 3.88. The predicted molar refractivity (Wildman–Crippen MR) is 60.5 cm³/mol. The normalized spacial score (nSPS) is 11.6. The van der Waals surface area contributed by atoms with E-state index in [1.165, 1.54) is 0 Å². The van der Waals surface area contributed by atoms with Crippen LogP contribution in [0, 0.1) is 0 Å². The van der Waals surface area contributed by atoms with Crippen LogP contribution in [0.2, 0.25) is 0 Å². The van der Waals surface area contributed by atoms with Crippen molar-refractivity contribution in [2.24, 2.45) is 0 Å². The van der Waals surface area contributed by atoms with Crippen LogP contribution < -0.4 is 0 Å². The summed E-state index contributed by atoms with van der Waals surface area (Å²) in [6.07, 6.45) is -0.975. The van der Waals surface area contributed by atoms with Gasteiger partial charge < -0.3 is 19.4 Å². The Kier molecular flexibility index (Phi) is 6.25. The molecular formula is C11H22NO4+. The zero-order chi connectivity index (χ0) is 12.8. The molecule has 0 bridgehead atoms. The first-order valence-electron chi connectivity index (χ1n) is 5.25. The van der Waals surface area contributed by atoms with Crippen LogP contribution in [-0.4, -0.2) is 60.7 Å². The van der Waals surface area contributed by atoms with E-state index in [1.807, 2.05) is 14.1 Å². The molecule has 0 rings (SSSR count). The minimum atomic E-state index is -1.28. The second-order valence-corrected chi connectivity index (χ2v) is 4.57. The molecule has 0 amide bonds. The third-order valence-electron chi connectivity index (χ3n) is 2.27. The number of quaternary nitrogens is 1. The fraction of sp³-hybridized carbons (Fsp3) is 0.727. The summed E-state index contributed by atoms with van der Waals surface area (Å²) < 4.78 is 5.54. The molecule has 0 atom stereocenters. The van der Waals surface area contributed by atoms with Crippen molar-refractivity contribution < 1.29 is 24.2 Å². The molecule has 0 spiro atoms. The van der Waals surface area contributed by atoms with Crippen molar-refractivity contribution in [3.63, 3.8) is 0 Å². The van der Waals surface area contributed by atoms with Crippen LogP contribution in [0.3, 0.4) is 0 Å². The Morgan fingerprint density at radius 3 is 2.38 bits per heavy atom. The number of hydrogen-bond acceptors (Lipinski definition) is 4. The molecule has 5 nitrogen and oxygen atoms in total. The molecule has 0 aromatic heterocycles. The van der Waals surface area contributed by atoms with Gasteiger partial charge in [0, 0.05) is 12.0 Å². The van der Waals surface area contributed by atoms with Gasteiger partial charge in [-0.25, -0.2) is 4.79 Å². The number of carbonyl (C=O) groups is 1. The highest BCUT2D eigenvalue weighted by atomic mass is 16.5. The molecule has 0 fully saturated rings. The molecule has 0 aliphatic rings. The largest absolute Gasteiger partial charge is 0.456 e. The number of aliphatic hydroxyl groups excluding tert-OH is 1. The molecule has 16 heavy (non-hydrogen) atoms. The molecule has 0 saturated heterocycles. The molecule has 0 aromatic carbocycles. The van der Waals surface area contributed by atoms with E-state index in [2.05, 4.69) is 6.58 Å². The lowest BCUT2D eigenvalue weighted by Gasteiger charge is -2.29. The Morgan fingerprint density at radius 2 is 1.94 bits per heavy atom. The van der Waals surface area contributed by atoms with Crippen molar-refractivity contribution in [2.75, 3.05) is 33.8 Å². The van der Waals surface area contributed by atoms with Crippen molar-refractivity contribution in [3.05, 3.63) is 12.2 Å². The summed E-state index contributed by atoms with van der Waals surface area (Å²) in [5.41, 5.74) is 0.385. The summed E-state index contributed by atoms with van der Waals surface area (Å²) in [5, 5.41) is 17.5. The first-order valence-corrected chi connectivity index (χ1v) is 5.25. The molecule has 0 unspecified atom stereocenters. The smallest absolute Gasteiger partial charge is 0.333 e. The molecule has 0 aromatic rings. The second-order valence-electron chi connectivity index (χ2n) is 4.57. The van der Waals surface area contributed by atoms with Gasteiger partial charge in [0.2, 0.25) is 0 Å². The summed E-state index contributed by atoms with van der Waals surface area (Å²) in [6, 6.07) is 0. The van der Waals surface area contributed by atoms with Gasteiger partial charge in [0.25, 0.3) is 0 Å². The van der Waals surface area contributed by atoms with Crippen molar-refractivity contribution in [1.29, 1.82) is 0 Å². The van der Waals surface area contributed by atoms with Crippen molar-refractivity contribution in [3.8, 4) is 0 Å². The lowest BCUT2D eigenvalue weighted by molar-refractivity contribution is -0.891. The molecule has 0 heterocycles. The lowest BCUT2D eigenvalue weighted by atomic mass is 10.3. The first kappa shape index (κ1) is 15.1. The van der Waals surface area contributed by atoms with E-state index in [1.54, 1.807) is 6.92 Å². The van der Waals surface area contributed by atoms with Crippen LogP contribution in [-0.2, 0) is 9.53 Å². The number of aliphatic hydroxyl groups is 2. The quantitative estimate of drug-likeness (QED) is 0.278. The minimum absolute atomic E-state index is 0.306. The minimum Gasteiger partial charge on any atom is -0.456 e. The third-order valence-corrected chi connectivity index (χ3v) is 2.27. The monoisotopic (exact) mass is 232 g/mol. The Hall–Kier alpha value is -0.910. The van der Waals surface area contributed by atoms with Crippen molar-refractivity contribution in [1.82, 2.24) is 0 Å². The Morgan fingerprint density at radius 1 is 1.38 bits per heavy atom. The van der Waals surface area contributed by atoms with Gasteiger partial charge in [-0.2, -0.15) is 0 Å². The fourth-order valence-electron chi connectivity index (χ4n) is 1.09. The highest BCUT2D eigenvalue weighted by Gasteiger charge is 2.17. The zero-order valence-electron chi connectivity index (χ0n) is 10.3. The third kappa shape index (κ3) is 7.39. The standard InChI is InChI=1S/C11H22NO4/c1-9(2)11(15)16-8-7-12(3,4)6-5-10(13)14/h10,13-14H,1,5-8H2,2-4H3/q+1. The Bertz CT molecular complexity index is 248. The average molecular weight is 232 g/mol. The molecule has 0 aliphatic carbocycles. The maximum absolute atomic E-state index is 11.1. The lowest BCUT2D eigenvalue weighted by Crippen LogP contribution is -2.44. The van der Waals surface area contributed by atoms with Crippen molar-refractivity contribution in [2.45, 2.75) is 19.6 Å². The molecule has 2 N–H and O–H groups in total. The predicted octanol–water partition coefficient (Wildman–Crippen LogP) is -0.117. The maximum Gasteiger partial charge on any atom is 0.333 e. The summed E-state index contributed by atoms with van der Waals surface area (Å²) in [6.45, 7) is 6.64. The fourth-order valence-corrected chi connectivity index (χ4v) is 1.09. The van der Waals surface area contributed by atoms with Crippen LogP contribution in [0.15, 0.2) is 12.2 Å². The van der Waals surface area contributed by atoms with E-state index < -0.39 is 6.29 Å². The van der Waals surface area contributed by atoms with Crippen LogP contribution in [0.25, 0.3) is 0 Å². The van der Waals surface area contributed by atoms with E-state index in [0.29, 0.717) is 36.2 Å². The van der Waals surface area contributed by atoms with Gasteiger partial charge in [-0.05, 0) is 6.92 Å². The number of ether oxygens (including phenoxy) is 1. The summed E-state index contributed by atoms with van der Waals surface area (Å²) >= 11 is 0. The number of nitrogens with zero attached hydrogens (tertiary/aromatic N) is 1. The van der Waals surface area contributed by atoms with Crippen LogP contribution in [0.1, 0.15) is 13.3 Å².